The summed E-state index contributed by atoms with van der Waals surface area (Å²) >= 11 is 0. The molecule has 224 valence electrons. The topological polar surface area (TPSA) is 82.8 Å². The molecule has 3 aliphatic heterocycles. The van der Waals surface area contributed by atoms with Crippen LogP contribution < -0.4 is 10.2 Å². The number of anilines is 1. The Hall–Kier alpha value is -3.22. The zero-order valence-corrected chi connectivity index (χ0v) is 24.1. The molecule has 2 aromatic rings. The van der Waals surface area contributed by atoms with Crippen molar-refractivity contribution >= 4 is 11.8 Å². The van der Waals surface area contributed by atoms with Crippen molar-refractivity contribution in [3.05, 3.63) is 65.2 Å². The van der Waals surface area contributed by atoms with Crippen LogP contribution in [0.25, 0.3) is 0 Å². The number of carbonyl (C=O) groups is 1. The van der Waals surface area contributed by atoms with Crippen LogP contribution in [0.5, 0.6) is 0 Å². The van der Waals surface area contributed by atoms with Crippen LogP contribution in [0.1, 0.15) is 55.7 Å². The molecular weight excluding hydrogens is 536 g/mol. The van der Waals surface area contributed by atoms with Gasteiger partial charge >= 0.3 is 6.09 Å². The quantitative estimate of drug-likeness (QED) is 0.411. The zero-order valence-electron chi connectivity index (χ0n) is 24.1. The molecule has 0 radical (unpaired) electrons. The number of nitrogens with zero attached hydrogens (tertiary/aromatic N) is 4. The second kappa shape index (κ2) is 12.6. The van der Waals surface area contributed by atoms with Gasteiger partial charge in [0, 0.05) is 37.6 Å². The molecule has 3 saturated heterocycles. The van der Waals surface area contributed by atoms with Crippen molar-refractivity contribution in [1.82, 2.24) is 15.1 Å². The molecule has 1 saturated carbocycles. The molecule has 0 unspecified atom stereocenters. The third-order valence-corrected chi connectivity index (χ3v) is 10.3. The van der Waals surface area contributed by atoms with Gasteiger partial charge in [0.15, 0.2) is 0 Å². The first-order chi connectivity index (χ1) is 20.4. The number of hydrogen-bond donors (Lipinski definition) is 2. The van der Waals surface area contributed by atoms with Gasteiger partial charge in [0.05, 0.1) is 17.3 Å². The number of hydrogen-bond acceptors (Lipinski definition) is 5. The van der Waals surface area contributed by atoms with E-state index in [9.17, 15) is 18.7 Å². The lowest BCUT2D eigenvalue weighted by molar-refractivity contribution is -0.000946. The summed E-state index contributed by atoms with van der Waals surface area (Å²) in [5.41, 5.74) is 1.93. The van der Waals surface area contributed by atoms with E-state index in [0.717, 1.165) is 89.9 Å². The smallest absolute Gasteiger partial charge is 0.404 e. The Morgan fingerprint density at radius 1 is 1.02 bits per heavy atom. The molecule has 3 heterocycles. The lowest BCUT2D eigenvalue weighted by Crippen LogP contribution is -2.54. The van der Waals surface area contributed by atoms with Crippen LogP contribution in [0.2, 0.25) is 0 Å². The summed E-state index contributed by atoms with van der Waals surface area (Å²) in [6, 6.07) is 13.8. The Kier molecular flexibility index (Phi) is 8.64. The number of amides is 1. The highest BCUT2D eigenvalue weighted by atomic mass is 19.1. The first-order valence-electron chi connectivity index (χ1n) is 15.6. The van der Waals surface area contributed by atoms with Gasteiger partial charge in [0.1, 0.15) is 11.6 Å². The number of rotatable bonds is 9. The van der Waals surface area contributed by atoms with E-state index >= 15 is 0 Å². The largest absolute Gasteiger partial charge is 0.465 e. The van der Waals surface area contributed by atoms with E-state index in [0.29, 0.717) is 23.1 Å². The molecule has 4 fully saturated rings. The standard InChI is InChI=1S/C33H41F2N5O2/c34-26-5-1-4-25(17-26)32(39-12-3-13-39)31(27-6-2-7-29(27)37-33(41)42)24-10-14-38(15-11-24)19-23-20-40(21-23)30-9-8-22(18-36)16-28(30)35/h1,4-5,8-9,16-17,23-24,27,29,31-32,37H,2-3,6-7,10-15,19-21H2,(H,41,42)/t27-,29-,31-,32+/m0/s1. The van der Waals surface area contributed by atoms with E-state index in [4.69, 9.17) is 5.26 Å². The highest BCUT2D eigenvalue weighted by molar-refractivity contribution is 5.65. The van der Waals surface area contributed by atoms with Gasteiger partial charge in [-0.25, -0.2) is 13.6 Å². The van der Waals surface area contributed by atoms with E-state index < -0.39 is 6.09 Å². The van der Waals surface area contributed by atoms with Crippen LogP contribution in [0, 0.1) is 46.6 Å². The Labute approximate surface area is 247 Å². The van der Waals surface area contributed by atoms with Crippen molar-refractivity contribution in [1.29, 1.82) is 5.26 Å². The minimum absolute atomic E-state index is 0.0635. The molecule has 42 heavy (non-hydrogen) atoms. The number of piperidine rings is 1. The van der Waals surface area contributed by atoms with E-state index in [1.54, 1.807) is 18.2 Å². The Morgan fingerprint density at radius 2 is 1.81 bits per heavy atom. The van der Waals surface area contributed by atoms with Crippen LogP contribution >= 0.6 is 0 Å². The molecule has 0 aromatic heterocycles. The second-order valence-electron chi connectivity index (χ2n) is 12.8. The van der Waals surface area contributed by atoms with E-state index in [2.05, 4.69) is 26.1 Å². The van der Waals surface area contributed by atoms with Crippen LogP contribution in [0.15, 0.2) is 42.5 Å². The number of nitriles is 1. The molecule has 2 N–H and O–H groups in total. The van der Waals surface area contributed by atoms with Crippen LogP contribution in [-0.2, 0) is 0 Å². The van der Waals surface area contributed by atoms with Crippen LogP contribution in [-0.4, -0.2) is 72.9 Å². The van der Waals surface area contributed by atoms with E-state index in [1.165, 1.54) is 12.1 Å². The highest BCUT2D eigenvalue weighted by Crippen LogP contribution is 2.49. The molecule has 0 spiro atoms. The van der Waals surface area contributed by atoms with Gasteiger partial charge in [-0.05, 0) is 112 Å². The first kappa shape index (κ1) is 28.9. The summed E-state index contributed by atoms with van der Waals surface area (Å²) in [6.07, 6.45) is 5.15. The summed E-state index contributed by atoms with van der Waals surface area (Å²) in [5.74, 6) is 0.848. The molecule has 6 rings (SSSR count). The van der Waals surface area contributed by atoms with Gasteiger partial charge < -0.3 is 20.2 Å². The maximum atomic E-state index is 14.5. The number of halogens is 2. The minimum Gasteiger partial charge on any atom is -0.465 e. The van der Waals surface area contributed by atoms with Gasteiger partial charge in [-0.1, -0.05) is 18.6 Å². The fraction of sp³-hybridized carbons (Fsp3) is 0.576. The number of benzene rings is 2. The predicted octanol–water partition coefficient (Wildman–Crippen LogP) is 5.48. The van der Waals surface area contributed by atoms with Crippen LogP contribution in [0.4, 0.5) is 19.3 Å². The summed E-state index contributed by atoms with van der Waals surface area (Å²) in [4.78, 5) is 18.8. The molecule has 1 amide bonds. The lowest BCUT2D eigenvalue weighted by Gasteiger charge is -2.50. The number of nitrogens with one attached hydrogen (secondary N) is 1. The Balaban J connectivity index is 1.13. The minimum atomic E-state index is -0.956. The average Bonchev–Trinajstić information content (AvgIpc) is 3.37. The molecule has 0 bridgehead atoms. The lowest BCUT2D eigenvalue weighted by atomic mass is 9.68. The van der Waals surface area contributed by atoms with Crippen molar-refractivity contribution in [2.75, 3.05) is 50.7 Å². The normalized spacial score (nSPS) is 25.3. The SMILES string of the molecule is N#Cc1ccc(N2CC(CN3CCC([C@@H]([C@H]4CCC[C@@H]4NC(=O)O)[C@@H](c4cccc(F)c4)N4CCC4)CC3)C2)c(F)c1. The average molecular weight is 578 g/mol. The molecule has 7 nitrogen and oxygen atoms in total. The number of carboxylic acid groups (broad SMARTS) is 1. The third kappa shape index (κ3) is 6.11. The monoisotopic (exact) mass is 577 g/mol. The summed E-state index contributed by atoms with van der Waals surface area (Å²) < 4.78 is 29.0. The molecular formula is C33H41F2N5O2. The zero-order chi connectivity index (χ0) is 29.2. The van der Waals surface area contributed by atoms with Gasteiger partial charge in [0.25, 0.3) is 0 Å². The summed E-state index contributed by atoms with van der Waals surface area (Å²) in [6.45, 7) is 6.58. The molecule has 4 atom stereocenters. The summed E-state index contributed by atoms with van der Waals surface area (Å²) in [5, 5.41) is 21.5. The predicted molar refractivity (Wildman–Crippen MR) is 157 cm³/mol. The second-order valence-corrected chi connectivity index (χ2v) is 12.8. The Bertz CT molecular complexity index is 1300. The highest BCUT2D eigenvalue weighted by Gasteiger charge is 2.46. The maximum absolute atomic E-state index is 14.5. The summed E-state index contributed by atoms with van der Waals surface area (Å²) in [7, 11) is 0. The molecule has 1 aliphatic carbocycles. The van der Waals surface area contributed by atoms with E-state index in [1.807, 2.05) is 12.1 Å². The first-order valence-corrected chi connectivity index (χ1v) is 15.6. The molecule has 2 aromatic carbocycles. The van der Waals surface area contributed by atoms with Crippen molar-refractivity contribution in [2.45, 2.75) is 50.6 Å². The van der Waals surface area contributed by atoms with Gasteiger partial charge in [-0.15, -0.1) is 0 Å². The van der Waals surface area contributed by atoms with Crippen molar-refractivity contribution in [3.8, 4) is 6.07 Å². The number of likely N-dealkylation sites (tertiary alicyclic amines) is 2. The maximum Gasteiger partial charge on any atom is 0.404 e. The third-order valence-electron chi connectivity index (χ3n) is 10.3. The van der Waals surface area contributed by atoms with Crippen molar-refractivity contribution in [3.63, 3.8) is 0 Å². The van der Waals surface area contributed by atoms with Gasteiger partial charge in [-0.2, -0.15) is 5.26 Å². The molecule has 9 heteroatoms. The molecule has 4 aliphatic rings. The van der Waals surface area contributed by atoms with Crippen LogP contribution in [0.3, 0.4) is 0 Å². The fourth-order valence-corrected chi connectivity index (χ4v) is 8.22. The van der Waals surface area contributed by atoms with Gasteiger partial charge in [-0.3, -0.25) is 4.90 Å². The van der Waals surface area contributed by atoms with Crippen molar-refractivity contribution < 1.29 is 18.7 Å². The van der Waals surface area contributed by atoms with E-state index in [-0.39, 0.29) is 35.6 Å². The van der Waals surface area contributed by atoms with Crippen molar-refractivity contribution in [2.24, 2.45) is 23.7 Å². The Morgan fingerprint density at radius 3 is 2.45 bits per heavy atom. The fourth-order valence-electron chi connectivity index (χ4n) is 8.22. The van der Waals surface area contributed by atoms with Gasteiger partial charge in [0.2, 0.25) is 0 Å².